The molecule has 6 rings (SSSR count). The van der Waals surface area contributed by atoms with Crippen molar-refractivity contribution in [3.05, 3.63) is 65.3 Å². The number of halogens is 6. The third-order valence-electron chi connectivity index (χ3n) is 6.56. The molecule has 7 nitrogen and oxygen atoms in total. The number of nitrogens with zero attached hydrogens (tertiary/aromatic N) is 6. The van der Waals surface area contributed by atoms with Gasteiger partial charge in [-0.05, 0) is 49.9 Å². The lowest BCUT2D eigenvalue weighted by molar-refractivity contribution is -0.145. The first-order chi connectivity index (χ1) is 17.0. The second-order valence-electron chi connectivity index (χ2n) is 8.91. The molecule has 0 bridgehead atoms. The van der Waals surface area contributed by atoms with Crippen molar-refractivity contribution < 1.29 is 26.3 Å². The van der Waals surface area contributed by atoms with E-state index in [0.29, 0.717) is 55.1 Å². The van der Waals surface area contributed by atoms with E-state index in [4.69, 9.17) is 4.98 Å². The van der Waals surface area contributed by atoms with Crippen molar-refractivity contribution in [3.63, 3.8) is 0 Å². The Kier molecular flexibility index (Phi) is 4.80. The van der Waals surface area contributed by atoms with E-state index >= 15 is 0 Å². The molecule has 1 fully saturated rings. The Morgan fingerprint density at radius 1 is 0.917 bits per heavy atom. The third-order valence-corrected chi connectivity index (χ3v) is 6.56. The zero-order valence-electron chi connectivity index (χ0n) is 18.5. The van der Waals surface area contributed by atoms with Crippen LogP contribution < -0.4 is 4.90 Å². The summed E-state index contributed by atoms with van der Waals surface area (Å²) in [5.74, 6) is -0.575. The second kappa shape index (κ2) is 7.61. The lowest BCUT2D eigenvalue weighted by Crippen LogP contribution is -2.28. The molecule has 186 valence electrons. The lowest BCUT2D eigenvalue weighted by atomic mass is 9.98. The van der Waals surface area contributed by atoms with Crippen molar-refractivity contribution in [1.82, 2.24) is 29.9 Å². The Morgan fingerprint density at radius 3 is 2.44 bits per heavy atom. The molecule has 4 aromatic heterocycles. The number of fused-ring (bicyclic) bond motifs is 2. The number of aromatic nitrogens is 6. The standard InChI is InChI=1S/C23H17F6N7/c24-22(25,26)12-10-14-18(31-11-12)35-19(33-14)21(6-7-21)16-4-3-15-13(32-16)2-1-9-36(15)17-5-8-30-20(34-17)23(27,28)29/h3-5,8,10-11H,1-2,6-7,9H2,(H,31,33,35). The molecular weight excluding hydrogens is 488 g/mol. The molecule has 2 aliphatic rings. The summed E-state index contributed by atoms with van der Waals surface area (Å²) in [6.07, 6.45) is -4.62. The van der Waals surface area contributed by atoms with E-state index in [-0.39, 0.29) is 17.0 Å². The van der Waals surface area contributed by atoms with Gasteiger partial charge in [0.25, 0.3) is 0 Å². The number of anilines is 2. The van der Waals surface area contributed by atoms with Gasteiger partial charge < -0.3 is 9.88 Å². The summed E-state index contributed by atoms with van der Waals surface area (Å²) in [6.45, 7) is 0.476. The molecule has 0 unspecified atom stereocenters. The fourth-order valence-corrected chi connectivity index (χ4v) is 4.61. The number of hydrogen-bond donors (Lipinski definition) is 1. The van der Waals surface area contributed by atoms with Gasteiger partial charge in [0, 0.05) is 18.9 Å². The van der Waals surface area contributed by atoms with E-state index < -0.39 is 29.2 Å². The number of aryl methyl sites for hydroxylation is 1. The molecule has 1 saturated carbocycles. The van der Waals surface area contributed by atoms with Crippen LogP contribution in [0.4, 0.5) is 37.8 Å². The Balaban J connectivity index is 1.35. The summed E-state index contributed by atoms with van der Waals surface area (Å²) in [5.41, 5.74) is 1.02. The highest BCUT2D eigenvalue weighted by molar-refractivity contribution is 5.72. The third kappa shape index (κ3) is 3.73. The van der Waals surface area contributed by atoms with Crippen molar-refractivity contribution in [1.29, 1.82) is 0 Å². The van der Waals surface area contributed by atoms with Crippen LogP contribution in [0.15, 0.2) is 36.7 Å². The molecule has 1 aliphatic carbocycles. The summed E-state index contributed by atoms with van der Waals surface area (Å²) >= 11 is 0. The zero-order valence-corrected chi connectivity index (χ0v) is 18.5. The molecular formula is C23H17F6N7. The van der Waals surface area contributed by atoms with Crippen LogP contribution in [-0.4, -0.2) is 36.4 Å². The Hall–Kier alpha value is -3.77. The van der Waals surface area contributed by atoms with Crippen molar-refractivity contribution in [3.8, 4) is 0 Å². The molecule has 13 heteroatoms. The van der Waals surface area contributed by atoms with Gasteiger partial charge in [-0.3, -0.25) is 4.98 Å². The fourth-order valence-electron chi connectivity index (χ4n) is 4.61. The maximum absolute atomic E-state index is 13.1. The highest BCUT2D eigenvalue weighted by atomic mass is 19.4. The first-order valence-electron chi connectivity index (χ1n) is 11.2. The minimum Gasteiger partial charge on any atom is -0.326 e. The highest BCUT2D eigenvalue weighted by Gasteiger charge is 2.50. The molecule has 0 amide bonds. The average Bonchev–Trinajstić information content (AvgIpc) is 3.54. The van der Waals surface area contributed by atoms with E-state index in [2.05, 4.69) is 24.9 Å². The maximum atomic E-state index is 13.1. The average molecular weight is 505 g/mol. The minimum atomic E-state index is -4.66. The minimum absolute atomic E-state index is 0.125. The Bertz CT molecular complexity index is 1470. The number of aromatic amines is 1. The number of pyridine rings is 2. The van der Waals surface area contributed by atoms with E-state index in [0.717, 1.165) is 18.5 Å². The molecule has 0 aromatic carbocycles. The van der Waals surface area contributed by atoms with Crippen LogP contribution in [0.1, 0.15) is 47.9 Å². The summed E-state index contributed by atoms with van der Waals surface area (Å²) in [4.78, 5) is 24.9. The number of hydrogen-bond acceptors (Lipinski definition) is 6. The van der Waals surface area contributed by atoms with E-state index in [9.17, 15) is 26.3 Å². The molecule has 0 saturated heterocycles. The van der Waals surface area contributed by atoms with Gasteiger partial charge in [0.2, 0.25) is 5.82 Å². The largest absolute Gasteiger partial charge is 0.451 e. The van der Waals surface area contributed by atoms with Gasteiger partial charge in [0.05, 0.1) is 28.1 Å². The molecule has 1 N–H and O–H groups in total. The molecule has 5 heterocycles. The molecule has 0 atom stereocenters. The molecule has 0 spiro atoms. The number of nitrogens with one attached hydrogen (secondary N) is 1. The van der Waals surface area contributed by atoms with Gasteiger partial charge >= 0.3 is 12.4 Å². The van der Waals surface area contributed by atoms with Gasteiger partial charge in [0.1, 0.15) is 17.2 Å². The monoisotopic (exact) mass is 505 g/mol. The summed E-state index contributed by atoms with van der Waals surface area (Å²) in [5, 5.41) is 0. The van der Waals surface area contributed by atoms with Crippen LogP contribution in [0.25, 0.3) is 11.2 Å². The Labute approximate surface area is 199 Å². The van der Waals surface area contributed by atoms with Crippen LogP contribution in [0.3, 0.4) is 0 Å². The molecule has 4 aromatic rings. The Morgan fingerprint density at radius 2 is 1.72 bits per heavy atom. The SMILES string of the molecule is FC(F)(F)c1cnc2[nH]c(C3(c4ccc5c(n4)CCCN5c4ccnc(C(F)(F)F)n4)CC3)nc2c1. The summed E-state index contributed by atoms with van der Waals surface area (Å²) in [6, 6.07) is 5.98. The number of imidazole rings is 1. The number of rotatable bonds is 3. The van der Waals surface area contributed by atoms with Crippen molar-refractivity contribution >= 4 is 22.7 Å². The highest BCUT2D eigenvalue weighted by Crippen LogP contribution is 2.52. The van der Waals surface area contributed by atoms with E-state index in [1.54, 1.807) is 17.0 Å². The topological polar surface area (TPSA) is 83.5 Å². The van der Waals surface area contributed by atoms with E-state index in [1.165, 1.54) is 6.07 Å². The quantitative estimate of drug-likeness (QED) is 0.379. The first-order valence-corrected chi connectivity index (χ1v) is 11.2. The van der Waals surface area contributed by atoms with Gasteiger partial charge in [-0.15, -0.1) is 0 Å². The first kappa shape index (κ1) is 22.7. The summed E-state index contributed by atoms with van der Waals surface area (Å²) in [7, 11) is 0. The molecule has 0 radical (unpaired) electrons. The van der Waals surface area contributed by atoms with Crippen LogP contribution in [0.2, 0.25) is 0 Å². The second-order valence-corrected chi connectivity index (χ2v) is 8.91. The number of alkyl halides is 6. The van der Waals surface area contributed by atoms with Crippen LogP contribution in [-0.2, 0) is 24.2 Å². The van der Waals surface area contributed by atoms with Gasteiger partial charge in [-0.1, -0.05) is 0 Å². The van der Waals surface area contributed by atoms with E-state index in [1.807, 2.05) is 0 Å². The van der Waals surface area contributed by atoms with Gasteiger partial charge in [0.15, 0.2) is 5.65 Å². The normalized spacial score (nSPS) is 17.3. The fraction of sp³-hybridized carbons (Fsp3) is 0.348. The lowest BCUT2D eigenvalue weighted by Gasteiger charge is -2.30. The van der Waals surface area contributed by atoms with Gasteiger partial charge in [-0.25, -0.2) is 19.9 Å². The van der Waals surface area contributed by atoms with Crippen LogP contribution >= 0.6 is 0 Å². The maximum Gasteiger partial charge on any atom is 0.451 e. The predicted molar refractivity (Wildman–Crippen MR) is 116 cm³/mol. The molecule has 1 aliphatic heterocycles. The van der Waals surface area contributed by atoms with Crippen LogP contribution in [0.5, 0.6) is 0 Å². The van der Waals surface area contributed by atoms with Crippen molar-refractivity contribution in [2.24, 2.45) is 0 Å². The number of H-pyrrole nitrogens is 1. The smallest absolute Gasteiger partial charge is 0.326 e. The van der Waals surface area contributed by atoms with Crippen molar-refractivity contribution in [2.45, 2.75) is 43.5 Å². The summed E-state index contributed by atoms with van der Waals surface area (Å²) < 4.78 is 78.6. The van der Waals surface area contributed by atoms with Crippen molar-refractivity contribution in [2.75, 3.05) is 11.4 Å². The molecule has 36 heavy (non-hydrogen) atoms. The van der Waals surface area contributed by atoms with Gasteiger partial charge in [-0.2, -0.15) is 26.3 Å². The predicted octanol–water partition coefficient (Wildman–Crippen LogP) is 5.34. The zero-order chi connectivity index (χ0) is 25.3. The van der Waals surface area contributed by atoms with Crippen LogP contribution in [0, 0.1) is 0 Å².